The number of carbonyl (C=O) groups excluding carboxylic acids is 1. The Labute approximate surface area is 181 Å². The van der Waals surface area contributed by atoms with Crippen LogP contribution in [0.5, 0.6) is 0 Å². The van der Waals surface area contributed by atoms with Crippen LogP contribution < -0.4 is 15.8 Å². The Kier molecular flexibility index (Phi) is 9.09. The van der Waals surface area contributed by atoms with Crippen LogP contribution in [0, 0.1) is 18.3 Å². The van der Waals surface area contributed by atoms with Crippen LogP contribution in [0.3, 0.4) is 0 Å². The molecule has 3 atom stereocenters. The van der Waals surface area contributed by atoms with Gasteiger partial charge in [-0.3, -0.25) is 4.79 Å². The van der Waals surface area contributed by atoms with Crippen LogP contribution >= 0.6 is 0 Å². The lowest BCUT2D eigenvalue weighted by Gasteiger charge is -2.30. The highest BCUT2D eigenvalue weighted by molar-refractivity contribution is 5.95. The quantitative estimate of drug-likeness (QED) is 0.579. The monoisotopic (exact) mass is 413 g/mol. The zero-order valence-corrected chi connectivity index (χ0v) is 19.5. The van der Waals surface area contributed by atoms with Crippen LogP contribution in [-0.2, 0) is 4.74 Å². The highest BCUT2D eigenvalue weighted by atomic mass is 16.5. The number of hydrogen-bond donors (Lipinski definition) is 2. The fourth-order valence-electron chi connectivity index (χ4n) is 4.02. The van der Waals surface area contributed by atoms with Gasteiger partial charge in [0, 0.05) is 43.7 Å². The van der Waals surface area contributed by atoms with E-state index in [0.29, 0.717) is 18.5 Å². The third-order valence-electron chi connectivity index (χ3n) is 6.14. The molecule has 3 unspecified atom stereocenters. The van der Waals surface area contributed by atoms with Crippen molar-refractivity contribution in [3.05, 3.63) is 33.7 Å². The fraction of sp³-hybridized carbons (Fsp3) is 0.600. The van der Waals surface area contributed by atoms with Crippen molar-refractivity contribution in [2.24, 2.45) is 5.92 Å². The van der Waals surface area contributed by atoms with Crippen molar-refractivity contribution in [1.82, 2.24) is 10.2 Å². The second-order valence-electron chi connectivity index (χ2n) is 8.65. The van der Waals surface area contributed by atoms with Crippen LogP contribution in [0.2, 0.25) is 0 Å². The van der Waals surface area contributed by atoms with Gasteiger partial charge in [-0.25, -0.2) is 0 Å². The lowest BCUT2D eigenvalue weighted by atomic mass is 9.98. The van der Waals surface area contributed by atoms with Gasteiger partial charge in [-0.15, -0.1) is 0 Å². The summed E-state index contributed by atoms with van der Waals surface area (Å²) in [7, 11) is 1.68. The zero-order valence-electron chi connectivity index (χ0n) is 19.5. The molecule has 0 radical (unpaired) electrons. The lowest BCUT2D eigenvalue weighted by molar-refractivity contribution is 0.0815. The van der Waals surface area contributed by atoms with Crippen LogP contribution in [0.25, 0.3) is 12.3 Å². The molecule has 1 heterocycles. The summed E-state index contributed by atoms with van der Waals surface area (Å²) in [4.78, 5) is 15.2. The van der Waals surface area contributed by atoms with Gasteiger partial charge >= 0.3 is 0 Å². The number of methoxy groups -OCH3 is 1. The van der Waals surface area contributed by atoms with Crippen molar-refractivity contribution in [3.63, 3.8) is 0 Å². The summed E-state index contributed by atoms with van der Waals surface area (Å²) in [6.07, 6.45) is 8.27. The van der Waals surface area contributed by atoms with Crippen molar-refractivity contribution in [1.29, 1.82) is 5.41 Å². The van der Waals surface area contributed by atoms with Gasteiger partial charge in [0.05, 0.1) is 6.10 Å². The molecular formula is C25H39N3O2. The molecule has 0 spiro atoms. The second-order valence-corrected chi connectivity index (χ2v) is 8.65. The van der Waals surface area contributed by atoms with E-state index in [2.05, 4.69) is 49.3 Å². The summed E-state index contributed by atoms with van der Waals surface area (Å²) in [5.74, 6) is 0.421. The summed E-state index contributed by atoms with van der Waals surface area (Å²) in [5, 5.41) is 13.2. The number of nitrogens with zero attached hydrogens (tertiary/aromatic N) is 1. The number of amides is 1. The molecule has 0 fully saturated rings. The van der Waals surface area contributed by atoms with Gasteiger partial charge in [-0.05, 0) is 68.0 Å². The molecule has 1 aromatic rings. The molecule has 1 aliphatic rings. The molecule has 166 valence electrons. The molecule has 0 aromatic heterocycles. The molecule has 5 heteroatoms. The number of aryl methyl sites for hydroxylation is 1. The molecule has 5 nitrogen and oxygen atoms in total. The SMILES string of the molecule is CCC(CC(C)=N)CN1C=c2cc(C(=O)NCC(CC)OC)c(C)cc2=CCC1C. The van der Waals surface area contributed by atoms with Gasteiger partial charge in [0.1, 0.15) is 0 Å². The summed E-state index contributed by atoms with van der Waals surface area (Å²) >= 11 is 0. The van der Waals surface area contributed by atoms with E-state index in [1.165, 1.54) is 5.22 Å². The Hall–Kier alpha value is -2.14. The van der Waals surface area contributed by atoms with E-state index in [-0.39, 0.29) is 12.0 Å². The highest BCUT2D eigenvalue weighted by Crippen LogP contribution is 2.16. The first kappa shape index (κ1) is 24.1. The topological polar surface area (TPSA) is 65.4 Å². The molecular weight excluding hydrogens is 374 g/mol. The Morgan fingerprint density at radius 3 is 2.63 bits per heavy atom. The number of carbonyl (C=O) groups is 1. The van der Waals surface area contributed by atoms with Gasteiger partial charge < -0.3 is 20.4 Å². The van der Waals surface area contributed by atoms with E-state index in [9.17, 15) is 4.79 Å². The van der Waals surface area contributed by atoms with E-state index in [1.807, 2.05) is 19.9 Å². The second kappa shape index (κ2) is 11.3. The molecule has 1 amide bonds. The van der Waals surface area contributed by atoms with E-state index >= 15 is 0 Å². The standard InChI is InChI=1S/C25H39N3O2/c1-7-20(12-18(4)26)15-28-16-22-13-24(25(29)27-14-23(8-2)30-6)17(3)11-21(22)10-9-19(28)5/h10-11,13,16,19-20,23,26H,7-9,12,14-15H2,1-6H3,(H,27,29). The van der Waals surface area contributed by atoms with E-state index in [0.717, 1.165) is 54.3 Å². The first-order chi connectivity index (χ1) is 14.3. The smallest absolute Gasteiger partial charge is 0.251 e. The van der Waals surface area contributed by atoms with E-state index in [1.54, 1.807) is 7.11 Å². The van der Waals surface area contributed by atoms with Crippen molar-refractivity contribution < 1.29 is 9.53 Å². The normalized spacial score (nSPS) is 17.8. The molecule has 0 aliphatic carbocycles. The van der Waals surface area contributed by atoms with Crippen molar-refractivity contribution in [2.75, 3.05) is 20.2 Å². The zero-order chi connectivity index (χ0) is 22.3. The van der Waals surface area contributed by atoms with Crippen molar-refractivity contribution in [2.45, 2.75) is 72.4 Å². The third kappa shape index (κ3) is 6.43. The predicted octanol–water partition coefficient (Wildman–Crippen LogP) is 3.22. The summed E-state index contributed by atoms with van der Waals surface area (Å²) in [6, 6.07) is 4.55. The highest BCUT2D eigenvalue weighted by Gasteiger charge is 2.18. The average molecular weight is 414 g/mol. The third-order valence-corrected chi connectivity index (χ3v) is 6.14. The number of benzene rings is 1. The number of hydrogen-bond acceptors (Lipinski definition) is 4. The maximum Gasteiger partial charge on any atom is 0.251 e. The largest absolute Gasteiger partial charge is 0.380 e. The maximum absolute atomic E-state index is 12.8. The van der Waals surface area contributed by atoms with Crippen LogP contribution in [-0.4, -0.2) is 48.9 Å². The van der Waals surface area contributed by atoms with Crippen LogP contribution in [0.1, 0.15) is 69.3 Å². The number of rotatable bonds is 10. The number of fused-ring (bicyclic) bond motifs is 1. The molecule has 0 saturated carbocycles. The summed E-state index contributed by atoms with van der Waals surface area (Å²) < 4.78 is 5.38. The lowest BCUT2D eigenvalue weighted by Crippen LogP contribution is -2.36. The molecule has 30 heavy (non-hydrogen) atoms. The summed E-state index contributed by atoms with van der Waals surface area (Å²) in [5.41, 5.74) is 2.46. The molecule has 0 saturated heterocycles. The van der Waals surface area contributed by atoms with Gasteiger partial charge in [-0.1, -0.05) is 32.4 Å². The average Bonchev–Trinajstić information content (AvgIpc) is 2.86. The van der Waals surface area contributed by atoms with Gasteiger partial charge in [-0.2, -0.15) is 0 Å². The number of nitrogens with one attached hydrogen (secondary N) is 2. The van der Waals surface area contributed by atoms with Gasteiger partial charge in [0.15, 0.2) is 0 Å². The van der Waals surface area contributed by atoms with Crippen molar-refractivity contribution in [3.8, 4) is 0 Å². The minimum absolute atomic E-state index is 0.0367. The Bertz CT molecular complexity index is 858. The van der Waals surface area contributed by atoms with Gasteiger partial charge in [0.2, 0.25) is 0 Å². The fourth-order valence-corrected chi connectivity index (χ4v) is 4.02. The molecule has 2 rings (SSSR count). The maximum atomic E-state index is 12.8. The van der Waals surface area contributed by atoms with Crippen molar-refractivity contribution >= 4 is 23.9 Å². The first-order valence-electron chi connectivity index (χ1n) is 11.2. The first-order valence-corrected chi connectivity index (χ1v) is 11.2. The molecule has 1 aromatic carbocycles. The minimum atomic E-state index is -0.0473. The van der Waals surface area contributed by atoms with Gasteiger partial charge in [0.25, 0.3) is 5.91 Å². The predicted molar refractivity (Wildman–Crippen MR) is 125 cm³/mol. The molecule has 2 N–H and O–H groups in total. The Morgan fingerprint density at radius 2 is 2.03 bits per heavy atom. The Balaban J connectivity index is 2.32. The van der Waals surface area contributed by atoms with Crippen LogP contribution in [0.4, 0.5) is 0 Å². The summed E-state index contributed by atoms with van der Waals surface area (Å²) in [6.45, 7) is 11.8. The molecule has 0 bridgehead atoms. The van der Waals surface area contributed by atoms with E-state index < -0.39 is 0 Å². The Morgan fingerprint density at radius 1 is 1.30 bits per heavy atom. The van der Waals surface area contributed by atoms with E-state index in [4.69, 9.17) is 10.1 Å². The number of ether oxygens (including phenoxy) is 1. The van der Waals surface area contributed by atoms with Crippen LogP contribution in [0.15, 0.2) is 12.1 Å². The minimum Gasteiger partial charge on any atom is -0.380 e. The molecule has 1 aliphatic heterocycles.